The maximum Gasteiger partial charge on any atom is 0.280 e. The number of carbonyl (C=O) groups excluding carboxylic acids is 1. The second-order valence-corrected chi connectivity index (χ2v) is 3.39. The molecule has 72 valence electrons. The summed E-state index contributed by atoms with van der Waals surface area (Å²) in [6, 6.07) is 5.46. The first-order valence-electron chi connectivity index (χ1n) is 4.11. The predicted octanol–water partition coefficient (Wildman–Crippen LogP) is 2.33. The van der Waals surface area contributed by atoms with Gasteiger partial charge in [0.25, 0.3) is 5.24 Å². The Morgan fingerprint density at radius 2 is 2.36 bits per heavy atom. The number of anilines is 1. The number of aryl methyl sites for hydroxylation is 1. The van der Waals surface area contributed by atoms with Crippen molar-refractivity contribution in [2.75, 3.05) is 5.32 Å². The summed E-state index contributed by atoms with van der Waals surface area (Å²) in [7, 11) is 0. The van der Waals surface area contributed by atoms with E-state index in [9.17, 15) is 4.79 Å². The summed E-state index contributed by atoms with van der Waals surface area (Å²) in [5, 5.41) is 2.21. The summed E-state index contributed by atoms with van der Waals surface area (Å²) in [5.74, 6) is 0.856. The minimum atomic E-state index is -0.374. The molecule has 5 heteroatoms. The van der Waals surface area contributed by atoms with Crippen LogP contribution in [0.5, 0.6) is 0 Å². The van der Waals surface area contributed by atoms with Gasteiger partial charge in [-0.3, -0.25) is 4.79 Å². The molecule has 0 spiro atoms. The van der Waals surface area contributed by atoms with E-state index in [1.165, 1.54) is 0 Å². The van der Waals surface area contributed by atoms with E-state index >= 15 is 0 Å². The van der Waals surface area contributed by atoms with Crippen LogP contribution in [0.25, 0.3) is 11.0 Å². The van der Waals surface area contributed by atoms with Crippen molar-refractivity contribution in [3.8, 4) is 0 Å². The molecule has 0 unspecified atom stereocenters. The monoisotopic (exact) mass is 207 g/mol. The molecule has 4 nitrogen and oxygen atoms in total. The summed E-state index contributed by atoms with van der Waals surface area (Å²) in [6.45, 7) is 1.89. The summed E-state index contributed by atoms with van der Waals surface area (Å²) in [5.41, 5.74) is 2.50. The molecule has 0 saturated carbocycles. The normalized spacial score (nSPS) is 10.4. The summed E-state index contributed by atoms with van der Waals surface area (Å²) >= 11 is 3.63. The van der Waals surface area contributed by atoms with Crippen molar-refractivity contribution in [1.29, 1.82) is 0 Å². The topological polar surface area (TPSA) is 57.8 Å². The molecule has 0 saturated heterocycles. The van der Waals surface area contributed by atoms with Gasteiger partial charge in [0, 0.05) is 5.69 Å². The van der Waals surface area contributed by atoms with Crippen molar-refractivity contribution >= 4 is 34.6 Å². The lowest BCUT2D eigenvalue weighted by Crippen LogP contribution is -2.00. The first kappa shape index (κ1) is 9.08. The molecule has 0 aliphatic rings. The van der Waals surface area contributed by atoms with Gasteiger partial charge in [-0.15, -0.1) is 0 Å². The van der Waals surface area contributed by atoms with Gasteiger partial charge in [0.2, 0.25) is 0 Å². The van der Waals surface area contributed by atoms with Crippen LogP contribution in [0.2, 0.25) is 0 Å². The molecule has 0 radical (unpaired) electrons. The van der Waals surface area contributed by atoms with Crippen molar-refractivity contribution < 1.29 is 4.79 Å². The first-order chi connectivity index (χ1) is 6.65. The minimum absolute atomic E-state index is 0.374. The number of hydrogen-bond acceptors (Lipinski definition) is 2. The zero-order valence-corrected chi connectivity index (χ0v) is 8.43. The number of thiol groups is 1. The predicted molar refractivity (Wildman–Crippen MR) is 58.8 cm³/mol. The average molecular weight is 207 g/mol. The first-order valence-corrected chi connectivity index (χ1v) is 4.56. The molecule has 2 N–H and O–H groups in total. The molecule has 1 aromatic heterocycles. The molecule has 0 aliphatic heterocycles. The van der Waals surface area contributed by atoms with E-state index in [-0.39, 0.29) is 5.24 Å². The van der Waals surface area contributed by atoms with Gasteiger partial charge in [0.15, 0.2) is 0 Å². The average Bonchev–Trinajstić information content (AvgIpc) is 2.42. The fraction of sp³-hybridized carbons (Fsp3) is 0.111. The molecular formula is C9H9N3OS. The van der Waals surface area contributed by atoms with Gasteiger partial charge in [0.1, 0.15) is 5.82 Å². The largest absolute Gasteiger partial charge is 0.342 e. The van der Waals surface area contributed by atoms with E-state index in [4.69, 9.17) is 0 Å². The molecule has 0 fully saturated rings. The standard InChI is InChI=1S/C9H9N3OS/c1-5-10-7-3-2-6(12-9(13)14)4-8(7)11-5/h2-4H,1H3,(H,10,11)(H2,12,13,14). The second kappa shape index (κ2) is 3.34. The van der Waals surface area contributed by atoms with Crippen molar-refractivity contribution in [1.82, 2.24) is 9.97 Å². The third-order valence-corrected chi connectivity index (χ3v) is 1.96. The van der Waals surface area contributed by atoms with Crippen LogP contribution in [0.15, 0.2) is 18.2 Å². The van der Waals surface area contributed by atoms with Crippen LogP contribution in [-0.2, 0) is 0 Å². The Kier molecular flexibility index (Phi) is 2.17. The van der Waals surface area contributed by atoms with Gasteiger partial charge in [-0.25, -0.2) is 4.98 Å². The van der Waals surface area contributed by atoms with Crippen LogP contribution in [0.1, 0.15) is 5.82 Å². The quantitative estimate of drug-likeness (QED) is 0.628. The fourth-order valence-electron chi connectivity index (χ4n) is 1.34. The van der Waals surface area contributed by atoms with Crippen LogP contribution in [-0.4, -0.2) is 15.2 Å². The maximum atomic E-state index is 10.7. The molecule has 0 aliphatic carbocycles. The van der Waals surface area contributed by atoms with E-state index in [1.807, 2.05) is 19.1 Å². The van der Waals surface area contributed by atoms with Gasteiger partial charge in [-0.2, -0.15) is 0 Å². The number of hydrogen-bond donors (Lipinski definition) is 3. The minimum Gasteiger partial charge on any atom is -0.342 e. The van der Waals surface area contributed by atoms with Crippen molar-refractivity contribution in [2.45, 2.75) is 6.92 Å². The molecule has 14 heavy (non-hydrogen) atoms. The number of carbonyl (C=O) groups is 1. The number of aromatic nitrogens is 2. The molecule has 1 amide bonds. The Hall–Kier alpha value is -1.49. The number of fused-ring (bicyclic) bond motifs is 1. The lowest BCUT2D eigenvalue weighted by atomic mass is 10.3. The fourth-order valence-corrected chi connectivity index (χ4v) is 1.47. The summed E-state index contributed by atoms with van der Waals surface area (Å²) in [4.78, 5) is 18.0. The smallest absolute Gasteiger partial charge is 0.280 e. The maximum absolute atomic E-state index is 10.7. The van der Waals surface area contributed by atoms with Gasteiger partial charge >= 0.3 is 0 Å². The van der Waals surface area contributed by atoms with Gasteiger partial charge in [0.05, 0.1) is 11.0 Å². The highest BCUT2D eigenvalue weighted by atomic mass is 32.1. The third kappa shape index (κ3) is 1.72. The van der Waals surface area contributed by atoms with Crippen molar-refractivity contribution in [3.63, 3.8) is 0 Å². The second-order valence-electron chi connectivity index (χ2n) is 2.98. The molecule has 1 aromatic carbocycles. The number of imidazole rings is 1. The van der Waals surface area contributed by atoms with E-state index < -0.39 is 0 Å². The number of aromatic amines is 1. The lowest BCUT2D eigenvalue weighted by Gasteiger charge is -1.99. The molecule has 2 aromatic rings. The Morgan fingerprint density at radius 1 is 1.57 bits per heavy atom. The SMILES string of the molecule is Cc1nc2ccc(NC(=O)S)cc2[nH]1. The number of nitrogens with zero attached hydrogens (tertiary/aromatic N) is 1. The van der Waals surface area contributed by atoms with Gasteiger partial charge in [-0.1, -0.05) is 12.6 Å². The third-order valence-electron chi connectivity index (χ3n) is 1.85. The van der Waals surface area contributed by atoms with E-state index in [0.717, 1.165) is 16.9 Å². The number of rotatable bonds is 1. The molecule has 0 bridgehead atoms. The highest BCUT2D eigenvalue weighted by molar-refractivity contribution is 7.96. The van der Waals surface area contributed by atoms with Crippen molar-refractivity contribution in [3.05, 3.63) is 24.0 Å². The van der Waals surface area contributed by atoms with Crippen molar-refractivity contribution in [2.24, 2.45) is 0 Å². The van der Waals surface area contributed by atoms with E-state index in [2.05, 4.69) is 27.9 Å². The van der Waals surface area contributed by atoms with E-state index in [0.29, 0.717) is 5.69 Å². The Bertz CT molecular complexity index is 492. The Balaban J connectivity index is 2.45. The van der Waals surface area contributed by atoms with Crippen LogP contribution >= 0.6 is 12.6 Å². The summed E-state index contributed by atoms with van der Waals surface area (Å²) < 4.78 is 0. The molecule has 0 atom stereocenters. The molecule has 2 rings (SSSR count). The van der Waals surface area contributed by atoms with Gasteiger partial charge < -0.3 is 10.3 Å². The Labute approximate surface area is 86.1 Å². The highest BCUT2D eigenvalue weighted by Crippen LogP contribution is 2.17. The van der Waals surface area contributed by atoms with Gasteiger partial charge in [-0.05, 0) is 25.1 Å². The van der Waals surface area contributed by atoms with Crippen LogP contribution in [0, 0.1) is 6.92 Å². The lowest BCUT2D eigenvalue weighted by molar-refractivity contribution is 0.270. The molecular weight excluding hydrogens is 198 g/mol. The molecule has 1 heterocycles. The Morgan fingerprint density at radius 3 is 3.07 bits per heavy atom. The van der Waals surface area contributed by atoms with Crippen LogP contribution < -0.4 is 5.32 Å². The number of benzene rings is 1. The number of nitrogens with one attached hydrogen (secondary N) is 2. The number of amides is 1. The van der Waals surface area contributed by atoms with Crippen LogP contribution in [0.3, 0.4) is 0 Å². The number of H-pyrrole nitrogens is 1. The zero-order valence-electron chi connectivity index (χ0n) is 7.53. The van der Waals surface area contributed by atoms with Crippen LogP contribution in [0.4, 0.5) is 10.5 Å². The highest BCUT2D eigenvalue weighted by Gasteiger charge is 2.01. The summed E-state index contributed by atoms with van der Waals surface area (Å²) in [6.07, 6.45) is 0. The zero-order chi connectivity index (χ0) is 10.1. The van der Waals surface area contributed by atoms with E-state index in [1.54, 1.807) is 6.07 Å².